The van der Waals surface area contributed by atoms with Crippen molar-refractivity contribution in [3.63, 3.8) is 0 Å². The summed E-state index contributed by atoms with van der Waals surface area (Å²) in [7, 11) is 0. The van der Waals surface area contributed by atoms with Crippen LogP contribution in [0.15, 0.2) is 67.2 Å². The minimum Gasteiger partial charge on any atom is -0.467 e. The maximum Gasteiger partial charge on any atom is 0.277 e. The topological polar surface area (TPSA) is 97.6 Å². The van der Waals surface area contributed by atoms with E-state index in [0.717, 1.165) is 22.0 Å². The molecule has 0 radical (unpaired) electrons. The molecular weight excluding hydrogens is 458 g/mol. The minimum atomic E-state index is -0.282. The quantitative estimate of drug-likeness (QED) is 0.351. The molecule has 1 atom stereocenters. The molecule has 1 amide bonds. The monoisotopic (exact) mass is 479 g/mol. The first kappa shape index (κ1) is 21.6. The maximum absolute atomic E-state index is 13.1. The number of thioether (sulfide) groups is 1. The molecule has 0 bridgehead atoms. The van der Waals surface area contributed by atoms with Gasteiger partial charge in [-0.3, -0.25) is 4.79 Å². The lowest BCUT2D eigenvalue weighted by molar-refractivity contribution is -0.130. The SMILES string of the molecule is Cc1ccc(C2=NN(C(=O)CSc3nnc(Cc4csc(C)n4)o3)[C@@H](c3ccco3)C2)cc1. The molecule has 0 unspecified atom stereocenters. The van der Waals surface area contributed by atoms with E-state index in [2.05, 4.69) is 20.3 Å². The lowest BCUT2D eigenvalue weighted by atomic mass is 10.0. The van der Waals surface area contributed by atoms with Gasteiger partial charge in [-0.25, -0.2) is 9.99 Å². The van der Waals surface area contributed by atoms with Gasteiger partial charge < -0.3 is 8.83 Å². The molecule has 5 rings (SSSR count). The molecule has 33 heavy (non-hydrogen) atoms. The third kappa shape index (κ3) is 4.91. The van der Waals surface area contributed by atoms with Crippen LogP contribution in [0.5, 0.6) is 0 Å². The van der Waals surface area contributed by atoms with E-state index >= 15 is 0 Å². The molecule has 0 spiro atoms. The highest BCUT2D eigenvalue weighted by molar-refractivity contribution is 7.99. The molecule has 0 aliphatic carbocycles. The Kier molecular flexibility index (Phi) is 6.10. The highest BCUT2D eigenvalue weighted by Crippen LogP contribution is 2.34. The van der Waals surface area contributed by atoms with Crippen molar-refractivity contribution in [1.29, 1.82) is 0 Å². The van der Waals surface area contributed by atoms with Gasteiger partial charge in [0.05, 0.1) is 34.9 Å². The van der Waals surface area contributed by atoms with Gasteiger partial charge in [-0.15, -0.1) is 21.5 Å². The van der Waals surface area contributed by atoms with Gasteiger partial charge in [0.2, 0.25) is 5.89 Å². The summed E-state index contributed by atoms with van der Waals surface area (Å²) in [5.41, 5.74) is 3.92. The summed E-state index contributed by atoms with van der Waals surface area (Å²) in [4.78, 5) is 17.5. The molecule has 4 aromatic rings. The van der Waals surface area contributed by atoms with Gasteiger partial charge in [0.25, 0.3) is 11.1 Å². The van der Waals surface area contributed by atoms with Gasteiger partial charge in [-0.2, -0.15) is 5.10 Å². The van der Waals surface area contributed by atoms with Crippen molar-refractivity contribution in [2.45, 2.75) is 38.0 Å². The molecule has 168 valence electrons. The zero-order chi connectivity index (χ0) is 22.8. The average molecular weight is 480 g/mol. The Morgan fingerprint density at radius 2 is 2.06 bits per heavy atom. The summed E-state index contributed by atoms with van der Waals surface area (Å²) in [5, 5.41) is 17.6. The summed E-state index contributed by atoms with van der Waals surface area (Å²) in [6, 6.07) is 11.5. The van der Waals surface area contributed by atoms with Crippen molar-refractivity contribution in [3.05, 3.63) is 81.5 Å². The van der Waals surface area contributed by atoms with Gasteiger partial charge in [0.15, 0.2) is 0 Å². The van der Waals surface area contributed by atoms with Crippen molar-refractivity contribution >= 4 is 34.7 Å². The number of hydrazone groups is 1. The van der Waals surface area contributed by atoms with Crippen LogP contribution in [0.3, 0.4) is 0 Å². The number of nitrogens with zero attached hydrogens (tertiary/aromatic N) is 5. The molecule has 1 aliphatic heterocycles. The van der Waals surface area contributed by atoms with Crippen LogP contribution in [0.25, 0.3) is 0 Å². The van der Waals surface area contributed by atoms with Crippen molar-refractivity contribution in [2.75, 3.05) is 5.75 Å². The van der Waals surface area contributed by atoms with Gasteiger partial charge in [-0.05, 0) is 31.5 Å². The zero-order valence-electron chi connectivity index (χ0n) is 18.1. The normalized spacial score (nSPS) is 15.8. The Labute approximate surface area is 198 Å². The fraction of sp³-hybridized carbons (Fsp3) is 0.261. The maximum atomic E-state index is 13.1. The van der Waals surface area contributed by atoms with E-state index in [1.807, 2.05) is 55.6 Å². The van der Waals surface area contributed by atoms with Crippen LogP contribution in [0.1, 0.15) is 45.9 Å². The second-order valence-corrected chi connectivity index (χ2v) is 9.66. The first-order chi connectivity index (χ1) is 16.0. The number of aryl methyl sites for hydroxylation is 2. The summed E-state index contributed by atoms with van der Waals surface area (Å²) >= 11 is 2.78. The molecule has 1 aromatic carbocycles. The first-order valence-corrected chi connectivity index (χ1v) is 12.3. The first-order valence-electron chi connectivity index (χ1n) is 10.4. The highest BCUT2D eigenvalue weighted by atomic mass is 32.2. The molecular formula is C23H21N5O3S2. The van der Waals surface area contributed by atoms with E-state index in [-0.39, 0.29) is 17.7 Å². The standard InChI is InChI=1S/C23H21N5O3S2/c1-14-5-7-16(8-6-14)18-11-19(20-4-3-9-30-20)28(27-18)22(29)13-33-23-26-25-21(31-23)10-17-12-32-15(2)24-17/h3-9,12,19H,10-11,13H2,1-2H3/t19-/m1/s1. The lowest BCUT2D eigenvalue weighted by Crippen LogP contribution is -2.28. The van der Waals surface area contributed by atoms with Gasteiger partial charge in [0.1, 0.15) is 11.8 Å². The number of hydrogen-bond acceptors (Lipinski definition) is 9. The smallest absolute Gasteiger partial charge is 0.277 e. The number of aromatic nitrogens is 3. The number of hydrogen-bond donors (Lipinski definition) is 0. The largest absolute Gasteiger partial charge is 0.467 e. The number of furan rings is 1. The summed E-state index contributed by atoms with van der Waals surface area (Å²) in [6.07, 6.45) is 2.67. The van der Waals surface area contributed by atoms with E-state index in [1.165, 1.54) is 22.3 Å². The Morgan fingerprint density at radius 1 is 1.21 bits per heavy atom. The fourth-order valence-corrected chi connectivity index (χ4v) is 4.81. The number of thiazole rings is 1. The Morgan fingerprint density at radius 3 is 2.79 bits per heavy atom. The summed E-state index contributed by atoms with van der Waals surface area (Å²) in [6.45, 7) is 4.00. The second kappa shape index (κ2) is 9.32. The van der Waals surface area contributed by atoms with E-state index < -0.39 is 0 Å². The van der Waals surface area contributed by atoms with Crippen LogP contribution in [0.4, 0.5) is 0 Å². The van der Waals surface area contributed by atoms with Crippen molar-refractivity contribution in [1.82, 2.24) is 20.2 Å². The van der Waals surface area contributed by atoms with Gasteiger partial charge >= 0.3 is 0 Å². The van der Waals surface area contributed by atoms with Crippen molar-refractivity contribution < 1.29 is 13.6 Å². The summed E-state index contributed by atoms with van der Waals surface area (Å²) < 4.78 is 11.3. The molecule has 8 nitrogen and oxygen atoms in total. The predicted octanol–water partition coefficient (Wildman–Crippen LogP) is 4.80. The fourth-order valence-electron chi connectivity index (χ4n) is 3.57. The van der Waals surface area contributed by atoms with Crippen LogP contribution in [-0.4, -0.2) is 37.6 Å². The molecule has 3 aromatic heterocycles. The van der Waals surface area contributed by atoms with E-state index in [4.69, 9.17) is 8.83 Å². The number of amides is 1. The van der Waals surface area contributed by atoms with Crippen LogP contribution < -0.4 is 0 Å². The van der Waals surface area contributed by atoms with Gasteiger partial charge in [-0.1, -0.05) is 41.6 Å². The Balaban J connectivity index is 1.28. The predicted molar refractivity (Wildman–Crippen MR) is 125 cm³/mol. The third-order valence-electron chi connectivity index (χ3n) is 5.19. The molecule has 0 saturated carbocycles. The Bertz CT molecular complexity index is 1280. The lowest BCUT2D eigenvalue weighted by Gasteiger charge is -2.19. The zero-order valence-corrected chi connectivity index (χ0v) is 19.7. The van der Waals surface area contributed by atoms with E-state index in [9.17, 15) is 4.79 Å². The number of benzene rings is 1. The number of carbonyl (C=O) groups excluding carboxylic acids is 1. The highest BCUT2D eigenvalue weighted by Gasteiger charge is 2.35. The minimum absolute atomic E-state index is 0.124. The van der Waals surface area contributed by atoms with Crippen LogP contribution in [0, 0.1) is 13.8 Å². The van der Waals surface area contributed by atoms with Crippen molar-refractivity contribution in [2.24, 2.45) is 5.10 Å². The van der Waals surface area contributed by atoms with Crippen LogP contribution in [-0.2, 0) is 11.2 Å². The molecule has 0 N–H and O–H groups in total. The summed E-state index contributed by atoms with van der Waals surface area (Å²) in [5.74, 6) is 1.15. The molecule has 0 fully saturated rings. The second-order valence-electron chi connectivity index (χ2n) is 7.67. The van der Waals surface area contributed by atoms with Crippen molar-refractivity contribution in [3.8, 4) is 0 Å². The molecule has 1 aliphatic rings. The van der Waals surface area contributed by atoms with Crippen LogP contribution in [0.2, 0.25) is 0 Å². The molecule has 0 saturated heterocycles. The average Bonchev–Trinajstić information content (AvgIpc) is 3.60. The van der Waals surface area contributed by atoms with E-state index in [1.54, 1.807) is 17.6 Å². The number of carbonyl (C=O) groups is 1. The van der Waals surface area contributed by atoms with Crippen LogP contribution >= 0.6 is 23.1 Å². The van der Waals surface area contributed by atoms with E-state index in [0.29, 0.717) is 29.7 Å². The molecule has 10 heteroatoms. The number of rotatable bonds is 7. The third-order valence-corrected chi connectivity index (χ3v) is 6.81. The molecule has 4 heterocycles. The Hall–Kier alpha value is -3.24. The van der Waals surface area contributed by atoms with Gasteiger partial charge in [0, 0.05) is 11.8 Å².